The fourth-order valence-electron chi connectivity index (χ4n) is 4.29. The number of anilines is 2. The Kier molecular flexibility index (Phi) is 5.39. The topological polar surface area (TPSA) is 87.9 Å². The lowest BCUT2D eigenvalue weighted by atomic mass is 10.2. The number of nitrogens with one attached hydrogen (secondary N) is 2. The zero-order chi connectivity index (χ0) is 23.1. The van der Waals surface area contributed by atoms with Crippen molar-refractivity contribution in [3.63, 3.8) is 0 Å². The lowest BCUT2D eigenvalue weighted by Gasteiger charge is -2.36. The fourth-order valence-corrected chi connectivity index (χ4v) is 4.63. The zero-order valence-corrected chi connectivity index (χ0v) is 19.7. The minimum absolute atomic E-state index is 0.268. The Morgan fingerprint density at radius 2 is 1.85 bits per heavy atom. The average molecular weight is 497 g/mol. The van der Waals surface area contributed by atoms with Gasteiger partial charge >= 0.3 is 0 Å². The number of piperazine rings is 1. The molecule has 6 rings (SSSR count). The first kappa shape index (κ1) is 21.1. The number of para-hydroxylation sites is 1. The monoisotopic (exact) mass is 496 g/mol. The molecule has 0 aliphatic carbocycles. The molecule has 2 aliphatic rings. The van der Waals surface area contributed by atoms with Crippen molar-refractivity contribution in [3.8, 4) is 11.5 Å². The highest BCUT2D eigenvalue weighted by Gasteiger charge is 2.25. The quantitative estimate of drug-likeness (QED) is 0.320. The number of rotatable bonds is 4. The van der Waals surface area contributed by atoms with Crippen LogP contribution < -0.4 is 24.5 Å². The Morgan fingerprint density at radius 1 is 1.03 bits per heavy atom. The Morgan fingerprint density at radius 3 is 2.71 bits per heavy atom. The zero-order valence-electron chi connectivity index (χ0n) is 18.1. The van der Waals surface area contributed by atoms with Gasteiger partial charge in [0.25, 0.3) is 0 Å². The number of hydrogen-bond donors (Lipinski definition) is 2. The smallest absolute Gasteiger partial charge is 0.240 e. The predicted molar refractivity (Wildman–Crippen MR) is 135 cm³/mol. The van der Waals surface area contributed by atoms with E-state index in [4.69, 9.17) is 37.9 Å². The summed E-state index contributed by atoms with van der Waals surface area (Å²) in [6.07, 6.45) is 0. The molecule has 9 nitrogen and oxygen atoms in total. The van der Waals surface area contributed by atoms with E-state index in [-0.39, 0.29) is 6.79 Å². The molecular formula is C23H21ClN6O3S. The lowest BCUT2D eigenvalue weighted by molar-refractivity contribution is 0.174. The molecule has 4 heterocycles. The van der Waals surface area contributed by atoms with Gasteiger partial charge in [-0.15, -0.1) is 0 Å². The minimum Gasteiger partial charge on any atom is -0.454 e. The van der Waals surface area contributed by atoms with Gasteiger partial charge in [0, 0.05) is 49.9 Å². The molecule has 0 unspecified atom stereocenters. The van der Waals surface area contributed by atoms with Crippen LogP contribution in [0.15, 0.2) is 46.9 Å². The second-order valence-corrected chi connectivity index (χ2v) is 8.64. The van der Waals surface area contributed by atoms with Crippen LogP contribution in [0.25, 0.3) is 22.1 Å². The van der Waals surface area contributed by atoms with Crippen LogP contribution in [0.4, 0.5) is 11.8 Å². The van der Waals surface area contributed by atoms with E-state index >= 15 is 0 Å². The molecule has 34 heavy (non-hydrogen) atoms. The molecule has 4 aromatic rings. The largest absolute Gasteiger partial charge is 0.454 e. The van der Waals surface area contributed by atoms with E-state index in [1.807, 2.05) is 42.5 Å². The molecule has 11 heteroatoms. The molecule has 2 aliphatic heterocycles. The van der Waals surface area contributed by atoms with Crippen LogP contribution in [0.1, 0.15) is 5.56 Å². The Bertz CT molecular complexity index is 1390. The first-order valence-corrected chi connectivity index (χ1v) is 11.7. The second-order valence-electron chi connectivity index (χ2n) is 8.06. The van der Waals surface area contributed by atoms with Crippen LogP contribution in [0.2, 0.25) is 0 Å². The summed E-state index contributed by atoms with van der Waals surface area (Å²) in [5, 5.41) is 5.00. The third-order valence-corrected chi connectivity index (χ3v) is 6.61. The van der Waals surface area contributed by atoms with Crippen molar-refractivity contribution in [1.82, 2.24) is 20.2 Å². The lowest BCUT2D eigenvalue weighted by Crippen LogP contribution is -2.51. The molecule has 1 saturated heterocycles. The van der Waals surface area contributed by atoms with Crippen molar-refractivity contribution in [2.75, 3.05) is 42.7 Å². The van der Waals surface area contributed by atoms with Crippen molar-refractivity contribution in [1.29, 1.82) is 0 Å². The summed E-state index contributed by atoms with van der Waals surface area (Å²) >= 11 is 11.5. The third-order valence-electron chi connectivity index (χ3n) is 6.03. The summed E-state index contributed by atoms with van der Waals surface area (Å²) < 4.78 is 16.9. The number of benzene rings is 2. The van der Waals surface area contributed by atoms with Gasteiger partial charge in [-0.05, 0) is 42.0 Å². The van der Waals surface area contributed by atoms with E-state index in [0.717, 1.165) is 70.7 Å². The Balaban J connectivity index is 1.15. The van der Waals surface area contributed by atoms with Crippen molar-refractivity contribution in [2.24, 2.45) is 0 Å². The van der Waals surface area contributed by atoms with Crippen molar-refractivity contribution in [2.45, 2.75) is 6.54 Å². The summed E-state index contributed by atoms with van der Waals surface area (Å²) in [6, 6.07) is 13.7. The van der Waals surface area contributed by atoms with E-state index in [1.54, 1.807) is 0 Å². The van der Waals surface area contributed by atoms with Gasteiger partial charge in [-0.3, -0.25) is 4.84 Å². The molecule has 0 atom stereocenters. The molecule has 2 aromatic carbocycles. The highest BCUT2D eigenvalue weighted by atomic mass is 35.5. The molecule has 2 aromatic heterocycles. The normalized spacial score (nSPS) is 15.2. The number of nitrogens with zero attached hydrogens (tertiary/aromatic N) is 4. The maximum absolute atomic E-state index is 6.12. The van der Waals surface area contributed by atoms with Crippen LogP contribution in [-0.4, -0.2) is 53.0 Å². The standard InChI is InChI=1S/C23H21ClN6O3S/c24-28-22-26-19-15-3-1-2-4-16(15)33-20(19)21(27-22)29-7-9-30(10-8-29)23(34)25-12-14-5-6-17-18(11-14)32-13-31-17/h1-6,11H,7-10,12-13H2,(H,25,34)(H,26,27,28). The average Bonchev–Trinajstić information content (AvgIpc) is 3.51. The number of halogens is 1. The molecule has 0 bridgehead atoms. The van der Waals surface area contributed by atoms with Crippen LogP contribution in [-0.2, 0) is 6.54 Å². The molecular weight excluding hydrogens is 476 g/mol. The van der Waals surface area contributed by atoms with E-state index in [9.17, 15) is 0 Å². The van der Waals surface area contributed by atoms with Gasteiger partial charge in [0.05, 0.1) is 0 Å². The van der Waals surface area contributed by atoms with Crippen molar-refractivity contribution < 1.29 is 13.9 Å². The molecule has 0 saturated carbocycles. The first-order chi connectivity index (χ1) is 16.7. The summed E-state index contributed by atoms with van der Waals surface area (Å²) in [5.74, 6) is 2.62. The summed E-state index contributed by atoms with van der Waals surface area (Å²) in [5.41, 5.74) is 3.26. The molecule has 174 valence electrons. The van der Waals surface area contributed by atoms with Crippen LogP contribution in [0, 0.1) is 0 Å². The molecule has 0 amide bonds. The van der Waals surface area contributed by atoms with Gasteiger partial charge in [0.15, 0.2) is 28.0 Å². The number of furan rings is 1. The summed E-state index contributed by atoms with van der Waals surface area (Å²) in [4.78, 5) is 16.0. The van der Waals surface area contributed by atoms with E-state index in [0.29, 0.717) is 18.1 Å². The highest BCUT2D eigenvalue weighted by Crippen LogP contribution is 2.34. The Labute approximate surface area is 205 Å². The maximum atomic E-state index is 6.12. The van der Waals surface area contributed by atoms with Crippen LogP contribution in [0.5, 0.6) is 11.5 Å². The van der Waals surface area contributed by atoms with Gasteiger partial charge in [-0.1, -0.05) is 18.2 Å². The highest BCUT2D eigenvalue weighted by molar-refractivity contribution is 7.80. The second kappa shape index (κ2) is 8.69. The van der Waals surface area contributed by atoms with Gasteiger partial charge in [0.1, 0.15) is 11.1 Å². The number of aromatic nitrogens is 2. The third kappa shape index (κ3) is 3.78. The molecule has 0 radical (unpaired) electrons. The number of hydrogen-bond acceptors (Lipinski definition) is 8. The summed E-state index contributed by atoms with van der Waals surface area (Å²) in [7, 11) is 0. The van der Waals surface area contributed by atoms with Gasteiger partial charge in [0.2, 0.25) is 12.7 Å². The van der Waals surface area contributed by atoms with Crippen LogP contribution in [0.3, 0.4) is 0 Å². The first-order valence-electron chi connectivity index (χ1n) is 10.9. The SMILES string of the molecule is S=C(NCc1ccc2c(c1)OCO2)N1CCN(c2nc(NCl)nc3c2oc2ccccc23)CC1. The molecule has 2 N–H and O–H groups in total. The minimum atomic E-state index is 0.268. The molecule has 0 spiro atoms. The van der Waals surface area contributed by atoms with Crippen LogP contribution >= 0.6 is 24.0 Å². The van der Waals surface area contributed by atoms with E-state index in [1.165, 1.54) is 0 Å². The fraction of sp³-hybridized carbons (Fsp3) is 0.261. The van der Waals surface area contributed by atoms with Crippen molar-refractivity contribution >= 4 is 62.9 Å². The number of ether oxygens (including phenoxy) is 2. The van der Waals surface area contributed by atoms with E-state index in [2.05, 4.69) is 29.9 Å². The van der Waals surface area contributed by atoms with Crippen molar-refractivity contribution in [3.05, 3.63) is 48.0 Å². The summed E-state index contributed by atoms with van der Waals surface area (Å²) in [6.45, 7) is 3.86. The predicted octanol–water partition coefficient (Wildman–Crippen LogP) is 3.87. The van der Waals surface area contributed by atoms with Gasteiger partial charge < -0.3 is 29.0 Å². The van der Waals surface area contributed by atoms with Gasteiger partial charge in [-0.2, -0.15) is 4.98 Å². The van der Waals surface area contributed by atoms with E-state index < -0.39 is 0 Å². The molecule has 1 fully saturated rings. The van der Waals surface area contributed by atoms with Gasteiger partial charge in [-0.25, -0.2) is 4.98 Å². The maximum Gasteiger partial charge on any atom is 0.240 e. The number of thiocarbonyl (C=S) groups is 1. The Hall–Kier alpha value is -3.50. The number of fused-ring (bicyclic) bond motifs is 4.